The van der Waals surface area contributed by atoms with Crippen molar-refractivity contribution in [1.82, 2.24) is 9.97 Å². The Morgan fingerprint density at radius 2 is 1.80 bits per heavy atom. The van der Waals surface area contributed by atoms with Crippen LogP contribution in [0.5, 0.6) is 11.8 Å². The molecule has 0 radical (unpaired) electrons. The van der Waals surface area contributed by atoms with Crippen molar-refractivity contribution in [1.29, 1.82) is 0 Å². The topological polar surface area (TPSA) is 99.7 Å². The number of imidazole rings is 1. The van der Waals surface area contributed by atoms with Crippen LogP contribution in [0.4, 0.5) is 9.59 Å². The second kappa shape index (κ2) is 4.84. The minimum atomic E-state index is -0.975. The molecule has 0 unspecified atom stereocenters. The van der Waals surface area contributed by atoms with E-state index in [2.05, 4.69) is 28.9 Å². The van der Waals surface area contributed by atoms with Crippen molar-refractivity contribution in [2.45, 2.75) is 0 Å². The minimum absolute atomic E-state index is 0.146. The lowest BCUT2D eigenvalue weighted by atomic mass is 10.8. The van der Waals surface area contributed by atoms with E-state index in [1.165, 1.54) is 6.33 Å². The summed E-state index contributed by atoms with van der Waals surface area (Å²) in [6, 6.07) is 0. The normalized spacial score (nSPS) is 9.20. The number of H-pyrrole nitrogens is 1. The number of rotatable bonds is 2. The Morgan fingerprint density at radius 1 is 1.20 bits per heavy atom. The number of nitrogens with one attached hydrogen (secondary N) is 1. The number of carbonyl (C=O) groups excluding carboxylic acids is 2. The zero-order valence-electron chi connectivity index (χ0n) is 7.97. The standard InChI is InChI=1S/C7H8N2O6/c1-12-6(10)14-4-5(9-3-8-4)15-7(11)13-2/h3H,1-2H3,(H,8,9). The monoisotopic (exact) mass is 216 g/mol. The smallest absolute Gasteiger partial charge is 0.437 e. The number of aromatic amines is 1. The van der Waals surface area contributed by atoms with Gasteiger partial charge < -0.3 is 23.9 Å². The van der Waals surface area contributed by atoms with Gasteiger partial charge in [-0.15, -0.1) is 0 Å². The Hall–Kier alpha value is -2.25. The van der Waals surface area contributed by atoms with Crippen LogP contribution >= 0.6 is 0 Å². The molecule has 1 aromatic heterocycles. The fraction of sp³-hybridized carbons (Fsp3) is 0.286. The summed E-state index contributed by atoms with van der Waals surface area (Å²) in [5.41, 5.74) is 0. The van der Waals surface area contributed by atoms with Crippen LogP contribution in [0.1, 0.15) is 0 Å². The molecule has 0 amide bonds. The summed E-state index contributed by atoms with van der Waals surface area (Å²) in [6.45, 7) is 0. The third-order valence-corrected chi connectivity index (χ3v) is 1.27. The van der Waals surface area contributed by atoms with E-state index in [1.54, 1.807) is 0 Å². The highest BCUT2D eigenvalue weighted by atomic mass is 16.7. The first-order valence-corrected chi connectivity index (χ1v) is 3.72. The summed E-state index contributed by atoms with van der Waals surface area (Å²) in [4.78, 5) is 27.5. The van der Waals surface area contributed by atoms with Gasteiger partial charge in [0.2, 0.25) is 0 Å². The van der Waals surface area contributed by atoms with E-state index in [4.69, 9.17) is 0 Å². The number of hydrogen-bond acceptors (Lipinski definition) is 7. The average molecular weight is 216 g/mol. The summed E-state index contributed by atoms with van der Waals surface area (Å²) in [6.07, 6.45) is -0.762. The number of nitrogens with zero attached hydrogens (tertiary/aromatic N) is 1. The Labute approximate surface area is 84.1 Å². The Kier molecular flexibility index (Phi) is 3.49. The van der Waals surface area contributed by atoms with E-state index < -0.39 is 12.3 Å². The Bertz CT molecular complexity index is 328. The molecule has 1 N–H and O–H groups in total. The molecule has 82 valence electrons. The summed E-state index contributed by atoms with van der Waals surface area (Å²) in [7, 11) is 2.27. The van der Waals surface area contributed by atoms with Crippen LogP contribution < -0.4 is 9.47 Å². The van der Waals surface area contributed by atoms with Crippen LogP contribution in [0.25, 0.3) is 0 Å². The van der Waals surface area contributed by atoms with E-state index in [1.807, 2.05) is 0 Å². The molecule has 1 heterocycles. The zero-order valence-corrected chi connectivity index (χ0v) is 7.97. The fourth-order valence-electron chi connectivity index (χ4n) is 0.661. The highest BCUT2D eigenvalue weighted by Gasteiger charge is 2.16. The summed E-state index contributed by atoms with van der Waals surface area (Å²) < 4.78 is 17.6. The molecular weight excluding hydrogens is 208 g/mol. The van der Waals surface area contributed by atoms with Crippen LogP contribution in [-0.2, 0) is 9.47 Å². The van der Waals surface area contributed by atoms with Crippen LogP contribution in [0.3, 0.4) is 0 Å². The van der Waals surface area contributed by atoms with Crippen molar-refractivity contribution in [2.24, 2.45) is 0 Å². The third-order valence-electron chi connectivity index (χ3n) is 1.27. The first kappa shape index (κ1) is 10.8. The van der Waals surface area contributed by atoms with Crippen molar-refractivity contribution >= 4 is 12.3 Å². The molecule has 0 aliphatic heterocycles. The SMILES string of the molecule is COC(=O)Oc1nc[nH]c1OC(=O)OC. The van der Waals surface area contributed by atoms with Gasteiger partial charge in [-0.25, -0.2) is 9.59 Å². The van der Waals surface area contributed by atoms with Gasteiger partial charge in [0.25, 0.3) is 11.8 Å². The maximum atomic E-state index is 10.7. The molecular formula is C7H8N2O6. The van der Waals surface area contributed by atoms with Gasteiger partial charge in [0, 0.05) is 0 Å². The molecule has 1 rings (SSSR count). The van der Waals surface area contributed by atoms with E-state index in [-0.39, 0.29) is 11.8 Å². The van der Waals surface area contributed by atoms with Crippen LogP contribution in [-0.4, -0.2) is 36.5 Å². The molecule has 0 saturated heterocycles. The van der Waals surface area contributed by atoms with Gasteiger partial charge >= 0.3 is 12.3 Å². The predicted octanol–water partition coefficient (Wildman–Crippen LogP) is 0.700. The number of ether oxygens (including phenoxy) is 4. The van der Waals surface area contributed by atoms with E-state index >= 15 is 0 Å². The lowest BCUT2D eigenvalue weighted by Crippen LogP contribution is -2.11. The van der Waals surface area contributed by atoms with Crippen molar-refractivity contribution in [2.75, 3.05) is 14.2 Å². The predicted molar refractivity (Wildman–Crippen MR) is 44.7 cm³/mol. The number of aromatic nitrogens is 2. The number of methoxy groups -OCH3 is 2. The van der Waals surface area contributed by atoms with Crippen molar-refractivity contribution in [3.05, 3.63) is 6.33 Å². The molecule has 0 atom stereocenters. The molecule has 1 aromatic rings. The number of hydrogen-bond donors (Lipinski definition) is 1. The third kappa shape index (κ3) is 2.86. The zero-order chi connectivity index (χ0) is 11.3. The second-order valence-electron chi connectivity index (χ2n) is 2.15. The van der Waals surface area contributed by atoms with Crippen molar-refractivity contribution in [3.8, 4) is 11.8 Å². The first-order valence-electron chi connectivity index (χ1n) is 3.72. The van der Waals surface area contributed by atoms with Crippen molar-refractivity contribution in [3.63, 3.8) is 0 Å². The van der Waals surface area contributed by atoms with Gasteiger partial charge in [-0.1, -0.05) is 0 Å². The largest absolute Gasteiger partial charge is 0.515 e. The minimum Gasteiger partial charge on any atom is -0.437 e. The maximum absolute atomic E-state index is 10.7. The molecule has 0 aliphatic rings. The molecule has 0 spiro atoms. The molecule has 0 saturated carbocycles. The van der Waals surface area contributed by atoms with Crippen LogP contribution in [0.2, 0.25) is 0 Å². The van der Waals surface area contributed by atoms with Crippen LogP contribution in [0.15, 0.2) is 6.33 Å². The van der Waals surface area contributed by atoms with E-state index in [9.17, 15) is 9.59 Å². The van der Waals surface area contributed by atoms with Gasteiger partial charge in [0.15, 0.2) is 0 Å². The Balaban J connectivity index is 2.69. The van der Waals surface area contributed by atoms with Crippen LogP contribution in [0, 0.1) is 0 Å². The first-order chi connectivity index (χ1) is 7.17. The Morgan fingerprint density at radius 3 is 2.40 bits per heavy atom. The highest BCUT2D eigenvalue weighted by Crippen LogP contribution is 2.21. The van der Waals surface area contributed by atoms with Gasteiger partial charge in [-0.2, -0.15) is 4.98 Å². The number of carbonyl (C=O) groups is 2. The van der Waals surface area contributed by atoms with Gasteiger partial charge in [-0.3, -0.25) is 0 Å². The second-order valence-corrected chi connectivity index (χ2v) is 2.15. The summed E-state index contributed by atoms with van der Waals surface area (Å²) >= 11 is 0. The molecule has 15 heavy (non-hydrogen) atoms. The lowest BCUT2D eigenvalue weighted by Gasteiger charge is -2.02. The summed E-state index contributed by atoms with van der Waals surface area (Å²) in [5, 5.41) is 0. The quantitative estimate of drug-likeness (QED) is 0.726. The van der Waals surface area contributed by atoms with E-state index in [0.29, 0.717) is 0 Å². The van der Waals surface area contributed by atoms with Gasteiger partial charge in [-0.05, 0) is 0 Å². The molecule has 0 aromatic carbocycles. The fourth-order valence-corrected chi connectivity index (χ4v) is 0.661. The molecule has 8 heteroatoms. The molecule has 0 aliphatic carbocycles. The average Bonchev–Trinajstić information content (AvgIpc) is 2.65. The molecule has 8 nitrogen and oxygen atoms in total. The highest BCUT2D eigenvalue weighted by molar-refractivity contribution is 5.66. The summed E-state index contributed by atoms with van der Waals surface area (Å²) in [5.74, 6) is -0.362. The molecule has 0 fully saturated rings. The van der Waals surface area contributed by atoms with Gasteiger partial charge in [0.05, 0.1) is 20.5 Å². The lowest BCUT2D eigenvalue weighted by molar-refractivity contribution is 0.108. The van der Waals surface area contributed by atoms with E-state index in [0.717, 1.165) is 14.2 Å². The van der Waals surface area contributed by atoms with Gasteiger partial charge in [0.1, 0.15) is 0 Å². The maximum Gasteiger partial charge on any atom is 0.515 e. The van der Waals surface area contributed by atoms with Crippen molar-refractivity contribution < 1.29 is 28.5 Å². The molecule has 0 bridgehead atoms.